The number of aromatic nitrogens is 2. The maximum absolute atomic E-state index is 5.92. The molecule has 0 saturated heterocycles. The van der Waals surface area contributed by atoms with E-state index in [4.69, 9.17) is 23.2 Å². The minimum Gasteiger partial charge on any atom is -0.365 e. The quantitative estimate of drug-likeness (QED) is 0.912. The molecule has 1 aromatic carbocycles. The van der Waals surface area contributed by atoms with Crippen LogP contribution in [0.5, 0.6) is 0 Å². The minimum atomic E-state index is 0.571. The van der Waals surface area contributed by atoms with Crippen LogP contribution in [0.2, 0.25) is 10.0 Å². The van der Waals surface area contributed by atoms with E-state index in [-0.39, 0.29) is 0 Å². The number of aryl methyl sites for hydroxylation is 1. The molecule has 0 aliphatic heterocycles. The van der Waals surface area contributed by atoms with Crippen LogP contribution in [0.25, 0.3) is 0 Å². The van der Waals surface area contributed by atoms with Crippen molar-refractivity contribution in [3.63, 3.8) is 0 Å². The van der Waals surface area contributed by atoms with Crippen LogP contribution in [-0.4, -0.2) is 9.78 Å². The van der Waals surface area contributed by atoms with E-state index in [1.54, 1.807) is 10.7 Å². The van der Waals surface area contributed by atoms with Gasteiger partial charge < -0.3 is 5.32 Å². The van der Waals surface area contributed by atoms with E-state index in [9.17, 15) is 0 Å². The van der Waals surface area contributed by atoms with Gasteiger partial charge in [-0.1, -0.05) is 29.3 Å². The van der Waals surface area contributed by atoms with E-state index in [2.05, 4.69) is 10.4 Å². The molecule has 2 aromatic rings. The predicted molar refractivity (Wildman–Crippen MR) is 67.0 cm³/mol. The number of nitrogens with zero attached hydrogens (tertiary/aromatic N) is 2. The first-order valence-corrected chi connectivity index (χ1v) is 5.58. The van der Waals surface area contributed by atoms with E-state index >= 15 is 0 Å². The molecule has 0 amide bonds. The number of hydrogen-bond acceptors (Lipinski definition) is 2. The van der Waals surface area contributed by atoms with Gasteiger partial charge in [0, 0.05) is 25.9 Å². The SMILES string of the molecule is Cn1ccc(NCc2ccc(Cl)c(Cl)c2)n1. The second kappa shape index (κ2) is 4.76. The summed E-state index contributed by atoms with van der Waals surface area (Å²) in [5.74, 6) is 0.841. The van der Waals surface area contributed by atoms with Crippen molar-refractivity contribution < 1.29 is 0 Å². The molecule has 1 N–H and O–H groups in total. The van der Waals surface area contributed by atoms with Crippen LogP contribution >= 0.6 is 23.2 Å². The lowest BCUT2D eigenvalue weighted by Crippen LogP contribution is -2.00. The highest BCUT2D eigenvalue weighted by atomic mass is 35.5. The molecule has 0 spiro atoms. The third kappa shape index (κ3) is 2.68. The topological polar surface area (TPSA) is 29.9 Å². The summed E-state index contributed by atoms with van der Waals surface area (Å²) in [7, 11) is 1.88. The second-order valence-electron chi connectivity index (χ2n) is 3.48. The molecule has 1 aromatic heterocycles. The molecule has 3 nitrogen and oxygen atoms in total. The number of halogens is 2. The monoisotopic (exact) mass is 255 g/mol. The van der Waals surface area contributed by atoms with Gasteiger partial charge in [-0.3, -0.25) is 4.68 Å². The number of hydrogen-bond donors (Lipinski definition) is 1. The highest BCUT2D eigenvalue weighted by molar-refractivity contribution is 6.42. The lowest BCUT2D eigenvalue weighted by atomic mass is 10.2. The molecule has 0 aliphatic carbocycles. The molecule has 0 radical (unpaired) electrons. The fourth-order valence-corrected chi connectivity index (χ4v) is 1.67. The molecule has 5 heteroatoms. The van der Waals surface area contributed by atoms with Crippen molar-refractivity contribution in [1.29, 1.82) is 0 Å². The van der Waals surface area contributed by atoms with E-state index in [0.717, 1.165) is 11.4 Å². The van der Waals surface area contributed by atoms with Gasteiger partial charge in [-0.25, -0.2) is 0 Å². The van der Waals surface area contributed by atoms with Gasteiger partial charge in [0.25, 0.3) is 0 Å². The zero-order valence-corrected chi connectivity index (χ0v) is 10.3. The van der Waals surface area contributed by atoms with Gasteiger partial charge >= 0.3 is 0 Å². The smallest absolute Gasteiger partial charge is 0.148 e. The summed E-state index contributed by atoms with van der Waals surface area (Å²) in [6, 6.07) is 7.49. The molecule has 1 heterocycles. The van der Waals surface area contributed by atoms with Gasteiger partial charge in [0.15, 0.2) is 0 Å². The molecule has 2 rings (SSSR count). The van der Waals surface area contributed by atoms with Crippen molar-refractivity contribution in [2.24, 2.45) is 7.05 Å². The van der Waals surface area contributed by atoms with Crippen molar-refractivity contribution in [3.8, 4) is 0 Å². The Hall–Kier alpha value is -1.19. The molecule has 0 fully saturated rings. The molecule has 0 aliphatic rings. The molecular weight excluding hydrogens is 245 g/mol. The number of anilines is 1. The van der Waals surface area contributed by atoms with Gasteiger partial charge in [-0.15, -0.1) is 0 Å². The fourth-order valence-electron chi connectivity index (χ4n) is 1.35. The maximum Gasteiger partial charge on any atom is 0.148 e. The Bertz CT molecular complexity index is 494. The number of nitrogens with one attached hydrogen (secondary N) is 1. The summed E-state index contributed by atoms with van der Waals surface area (Å²) in [6.45, 7) is 0.675. The average Bonchev–Trinajstić information content (AvgIpc) is 2.66. The Labute approximate surface area is 104 Å². The van der Waals surface area contributed by atoms with E-state index in [1.165, 1.54) is 0 Å². The first-order chi connectivity index (χ1) is 7.65. The minimum absolute atomic E-state index is 0.571. The number of rotatable bonds is 3. The van der Waals surface area contributed by atoms with Gasteiger partial charge in [0.05, 0.1) is 10.0 Å². The highest BCUT2D eigenvalue weighted by Crippen LogP contribution is 2.22. The van der Waals surface area contributed by atoms with Gasteiger partial charge in [0.2, 0.25) is 0 Å². The van der Waals surface area contributed by atoms with Crippen LogP contribution in [0.3, 0.4) is 0 Å². The molecule has 16 heavy (non-hydrogen) atoms. The van der Waals surface area contributed by atoms with Crippen LogP contribution < -0.4 is 5.32 Å². The normalized spacial score (nSPS) is 10.4. The Balaban J connectivity index is 2.02. The summed E-state index contributed by atoms with van der Waals surface area (Å²) in [5, 5.41) is 8.55. The van der Waals surface area contributed by atoms with Gasteiger partial charge in [-0.05, 0) is 17.7 Å². The molecular formula is C11H11Cl2N3. The molecule has 0 bridgehead atoms. The highest BCUT2D eigenvalue weighted by Gasteiger charge is 2.00. The van der Waals surface area contributed by atoms with E-state index in [0.29, 0.717) is 16.6 Å². The van der Waals surface area contributed by atoms with Gasteiger partial charge in [-0.2, -0.15) is 5.10 Å². The number of benzene rings is 1. The standard InChI is InChI=1S/C11H11Cl2N3/c1-16-5-4-11(15-16)14-7-8-2-3-9(12)10(13)6-8/h2-6H,7H2,1H3,(H,14,15). The fraction of sp³-hybridized carbons (Fsp3) is 0.182. The Kier molecular flexibility index (Phi) is 3.36. The van der Waals surface area contributed by atoms with Gasteiger partial charge in [0.1, 0.15) is 5.82 Å². The summed E-state index contributed by atoms with van der Waals surface area (Å²) in [4.78, 5) is 0. The van der Waals surface area contributed by atoms with Crippen molar-refractivity contribution in [2.45, 2.75) is 6.54 Å². The van der Waals surface area contributed by atoms with Crippen molar-refractivity contribution >= 4 is 29.0 Å². The third-order valence-electron chi connectivity index (χ3n) is 2.17. The second-order valence-corrected chi connectivity index (χ2v) is 4.29. The Morgan fingerprint density at radius 2 is 2.06 bits per heavy atom. The first-order valence-electron chi connectivity index (χ1n) is 4.82. The van der Waals surface area contributed by atoms with Crippen LogP contribution in [0.15, 0.2) is 30.5 Å². The van der Waals surface area contributed by atoms with Crippen LogP contribution in [-0.2, 0) is 13.6 Å². The largest absolute Gasteiger partial charge is 0.365 e. The molecule has 0 atom stereocenters. The summed E-state index contributed by atoms with van der Waals surface area (Å²) in [6.07, 6.45) is 1.89. The van der Waals surface area contributed by atoms with Crippen LogP contribution in [0.4, 0.5) is 5.82 Å². The zero-order chi connectivity index (χ0) is 11.5. The average molecular weight is 256 g/mol. The summed E-state index contributed by atoms with van der Waals surface area (Å²) < 4.78 is 1.75. The van der Waals surface area contributed by atoms with Crippen molar-refractivity contribution in [1.82, 2.24) is 9.78 Å². The maximum atomic E-state index is 5.92. The van der Waals surface area contributed by atoms with Crippen LogP contribution in [0.1, 0.15) is 5.56 Å². The van der Waals surface area contributed by atoms with E-state index < -0.39 is 0 Å². The van der Waals surface area contributed by atoms with Crippen molar-refractivity contribution in [3.05, 3.63) is 46.1 Å². The Morgan fingerprint density at radius 3 is 2.69 bits per heavy atom. The first kappa shape index (κ1) is 11.3. The summed E-state index contributed by atoms with van der Waals surface area (Å²) >= 11 is 11.8. The van der Waals surface area contributed by atoms with E-state index in [1.807, 2.05) is 31.4 Å². The predicted octanol–water partition coefficient (Wildman–Crippen LogP) is 3.34. The summed E-state index contributed by atoms with van der Waals surface area (Å²) in [5.41, 5.74) is 1.07. The molecule has 0 unspecified atom stereocenters. The third-order valence-corrected chi connectivity index (χ3v) is 2.91. The molecule has 84 valence electrons. The Morgan fingerprint density at radius 1 is 1.25 bits per heavy atom. The van der Waals surface area contributed by atoms with Crippen molar-refractivity contribution in [2.75, 3.05) is 5.32 Å². The lowest BCUT2D eigenvalue weighted by molar-refractivity contribution is 0.768. The lowest BCUT2D eigenvalue weighted by Gasteiger charge is -2.04. The molecule has 0 saturated carbocycles. The van der Waals surface area contributed by atoms with Crippen LogP contribution in [0, 0.1) is 0 Å². The zero-order valence-electron chi connectivity index (χ0n) is 8.74.